The van der Waals surface area contributed by atoms with E-state index in [9.17, 15) is 9.59 Å². The van der Waals surface area contributed by atoms with E-state index in [1.165, 1.54) is 0 Å². The van der Waals surface area contributed by atoms with Crippen LogP contribution >= 0.6 is 31.9 Å². The highest BCUT2D eigenvalue weighted by Gasteiger charge is 2.27. The van der Waals surface area contributed by atoms with E-state index >= 15 is 0 Å². The van der Waals surface area contributed by atoms with Crippen LogP contribution in [0.25, 0.3) is 0 Å². The zero-order chi connectivity index (χ0) is 23.0. The van der Waals surface area contributed by atoms with Crippen molar-refractivity contribution in [3.8, 4) is 11.5 Å². The van der Waals surface area contributed by atoms with Gasteiger partial charge in [0.1, 0.15) is 11.5 Å². The van der Waals surface area contributed by atoms with E-state index in [1.54, 1.807) is 6.07 Å². The van der Waals surface area contributed by atoms with Gasteiger partial charge in [-0.2, -0.15) is 0 Å². The van der Waals surface area contributed by atoms with E-state index in [-0.39, 0.29) is 12.5 Å². The molecule has 0 heterocycles. The van der Waals surface area contributed by atoms with Gasteiger partial charge in [0, 0.05) is 9.89 Å². The zero-order valence-electron chi connectivity index (χ0n) is 18.2. The minimum atomic E-state index is -0.659. The van der Waals surface area contributed by atoms with Crippen LogP contribution in [-0.2, 0) is 9.59 Å². The molecule has 0 spiro atoms. The fourth-order valence-electron chi connectivity index (χ4n) is 2.74. The van der Waals surface area contributed by atoms with Gasteiger partial charge in [0.25, 0.3) is 5.91 Å². The molecule has 0 aliphatic carbocycles. The molecule has 0 saturated carbocycles. The topological polar surface area (TPSA) is 76.7 Å². The Bertz CT molecular complexity index is 932. The van der Waals surface area contributed by atoms with E-state index in [2.05, 4.69) is 42.7 Å². The summed E-state index contributed by atoms with van der Waals surface area (Å²) in [5.74, 6) is 0.690. The maximum atomic E-state index is 12.5. The van der Waals surface area contributed by atoms with Crippen molar-refractivity contribution in [2.75, 3.05) is 13.2 Å². The highest BCUT2D eigenvalue weighted by atomic mass is 79.9. The molecule has 0 aliphatic heterocycles. The van der Waals surface area contributed by atoms with E-state index in [1.807, 2.05) is 58.0 Å². The van der Waals surface area contributed by atoms with Crippen molar-refractivity contribution >= 4 is 43.7 Å². The van der Waals surface area contributed by atoms with Gasteiger partial charge in [-0.05, 0) is 78.0 Å². The molecule has 2 aromatic rings. The van der Waals surface area contributed by atoms with Crippen LogP contribution in [0.15, 0.2) is 45.3 Å². The van der Waals surface area contributed by atoms with Crippen LogP contribution in [0.1, 0.15) is 37.8 Å². The molecule has 0 unspecified atom stereocenters. The van der Waals surface area contributed by atoms with Gasteiger partial charge in [0.05, 0.1) is 11.1 Å². The van der Waals surface area contributed by atoms with E-state index in [0.29, 0.717) is 25.2 Å². The number of benzene rings is 2. The molecule has 2 N–H and O–H groups in total. The molecule has 6 nitrogen and oxygen atoms in total. The van der Waals surface area contributed by atoms with Crippen molar-refractivity contribution in [2.24, 2.45) is 5.41 Å². The Hall–Kier alpha value is -2.06. The standard InChI is InChI=1S/C23H28Br2N2O4/c1-15-6-7-16(2)20(12-15)30-11-5-10-23(3,4)22(29)27-26-21(28)14-31-19-9-8-17(24)13-18(19)25/h6-9,12-13H,5,10-11,14H2,1-4H3,(H,26,28)(H,27,29). The first-order valence-electron chi connectivity index (χ1n) is 9.95. The van der Waals surface area contributed by atoms with Crippen LogP contribution in [0.2, 0.25) is 0 Å². The summed E-state index contributed by atoms with van der Waals surface area (Å²) in [7, 11) is 0. The summed E-state index contributed by atoms with van der Waals surface area (Å²) < 4.78 is 12.9. The molecule has 2 amide bonds. The van der Waals surface area contributed by atoms with Gasteiger partial charge in [-0.15, -0.1) is 0 Å². The third kappa shape index (κ3) is 8.18. The van der Waals surface area contributed by atoms with Crippen LogP contribution in [0.4, 0.5) is 0 Å². The fourth-order valence-corrected chi connectivity index (χ4v) is 3.90. The van der Waals surface area contributed by atoms with Gasteiger partial charge in [0.2, 0.25) is 5.91 Å². The first kappa shape index (κ1) is 25.2. The number of halogens is 2. The van der Waals surface area contributed by atoms with Crippen LogP contribution < -0.4 is 20.3 Å². The summed E-state index contributed by atoms with van der Waals surface area (Å²) in [6, 6.07) is 11.5. The number of aryl methyl sites for hydroxylation is 2. The number of nitrogens with one attached hydrogen (secondary N) is 2. The van der Waals surface area contributed by atoms with Gasteiger partial charge < -0.3 is 9.47 Å². The van der Waals surface area contributed by atoms with Crippen LogP contribution in [0, 0.1) is 19.3 Å². The van der Waals surface area contributed by atoms with Gasteiger partial charge in [-0.1, -0.05) is 41.9 Å². The summed E-state index contributed by atoms with van der Waals surface area (Å²) in [4.78, 5) is 24.5. The number of amides is 2. The van der Waals surface area contributed by atoms with Crippen molar-refractivity contribution in [3.05, 3.63) is 56.5 Å². The highest BCUT2D eigenvalue weighted by Crippen LogP contribution is 2.28. The van der Waals surface area contributed by atoms with Gasteiger partial charge in [-0.25, -0.2) is 0 Å². The average Bonchev–Trinajstić information content (AvgIpc) is 2.71. The first-order valence-corrected chi connectivity index (χ1v) is 11.5. The molecule has 0 bridgehead atoms. The summed E-state index contributed by atoms with van der Waals surface area (Å²) in [6.07, 6.45) is 1.32. The Balaban J connectivity index is 1.71. The second kappa shape index (κ2) is 11.5. The van der Waals surface area contributed by atoms with Gasteiger partial charge in [0.15, 0.2) is 6.61 Å². The maximum Gasteiger partial charge on any atom is 0.276 e. The Labute approximate surface area is 200 Å². The van der Waals surface area contributed by atoms with Crippen LogP contribution in [0.5, 0.6) is 11.5 Å². The summed E-state index contributed by atoms with van der Waals surface area (Å²) >= 11 is 6.73. The number of ether oxygens (including phenoxy) is 2. The lowest BCUT2D eigenvalue weighted by Gasteiger charge is -2.23. The SMILES string of the molecule is Cc1ccc(C)c(OCCCC(C)(C)C(=O)NNC(=O)COc2ccc(Br)cc2Br)c1. The Kier molecular flexibility index (Phi) is 9.37. The second-order valence-corrected chi connectivity index (χ2v) is 9.74. The highest BCUT2D eigenvalue weighted by molar-refractivity contribution is 9.11. The lowest BCUT2D eigenvalue weighted by atomic mass is 9.87. The predicted molar refractivity (Wildman–Crippen MR) is 128 cm³/mol. The maximum absolute atomic E-state index is 12.5. The molecule has 0 aliphatic rings. The number of carbonyl (C=O) groups is 2. The normalized spacial score (nSPS) is 11.0. The average molecular weight is 556 g/mol. The van der Waals surface area contributed by atoms with Crippen LogP contribution in [-0.4, -0.2) is 25.0 Å². The predicted octanol–water partition coefficient (Wildman–Crippen LogP) is 5.24. The molecule has 2 aromatic carbocycles. The van der Waals surface area contributed by atoms with E-state index in [4.69, 9.17) is 9.47 Å². The number of rotatable bonds is 9. The fraction of sp³-hybridized carbons (Fsp3) is 0.391. The molecular weight excluding hydrogens is 528 g/mol. The molecule has 0 radical (unpaired) electrons. The molecule has 0 saturated heterocycles. The number of carbonyl (C=O) groups excluding carboxylic acids is 2. The molecule has 0 fully saturated rings. The van der Waals surface area contributed by atoms with Gasteiger partial charge in [-0.3, -0.25) is 20.4 Å². The summed E-state index contributed by atoms with van der Waals surface area (Å²) in [5, 5.41) is 0. The van der Waals surface area contributed by atoms with E-state index in [0.717, 1.165) is 25.8 Å². The molecule has 8 heteroatoms. The van der Waals surface area contributed by atoms with Crippen molar-refractivity contribution in [2.45, 2.75) is 40.5 Å². The quantitative estimate of drug-likeness (QED) is 0.328. The Morgan fingerprint density at radius 2 is 1.71 bits per heavy atom. The number of hydrazine groups is 1. The minimum absolute atomic E-state index is 0.218. The second-order valence-electron chi connectivity index (χ2n) is 7.97. The first-order chi connectivity index (χ1) is 14.6. The Morgan fingerprint density at radius 3 is 2.42 bits per heavy atom. The molecule has 0 atom stereocenters. The van der Waals surface area contributed by atoms with Gasteiger partial charge >= 0.3 is 0 Å². The monoisotopic (exact) mass is 554 g/mol. The minimum Gasteiger partial charge on any atom is -0.493 e. The smallest absolute Gasteiger partial charge is 0.276 e. The van der Waals surface area contributed by atoms with Crippen molar-refractivity contribution in [1.82, 2.24) is 10.9 Å². The number of hydrogen-bond donors (Lipinski definition) is 2. The summed E-state index contributed by atoms with van der Waals surface area (Å²) in [5.41, 5.74) is 6.45. The van der Waals surface area contributed by atoms with Crippen molar-refractivity contribution < 1.29 is 19.1 Å². The lowest BCUT2D eigenvalue weighted by Crippen LogP contribution is -2.49. The third-order valence-electron chi connectivity index (χ3n) is 4.73. The van der Waals surface area contributed by atoms with Crippen molar-refractivity contribution in [3.63, 3.8) is 0 Å². The van der Waals surface area contributed by atoms with E-state index < -0.39 is 11.3 Å². The molecular formula is C23H28Br2N2O4. The molecule has 168 valence electrons. The summed E-state index contributed by atoms with van der Waals surface area (Å²) in [6.45, 7) is 8.00. The Morgan fingerprint density at radius 1 is 0.968 bits per heavy atom. The van der Waals surface area contributed by atoms with Crippen molar-refractivity contribution in [1.29, 1.82) is 0 Å². The number of hydrogen-bond acceptors (Lipinski definition) is 4. The largest absolute Gasteiger partial charge is 0.493 e. The lowest BCUT2D eigenvalue weighted by molar-refractivity contribution is -0.135. The molecule has 0 aromatic heterocycles. The third-order valence-corrected chi connectivity index (χ3v) is 5.84. The van der Waals surface area contributed by atoms with Crippen LogP contribution in [0.3, 0.4) is 0 Å². The zero-order valence-corrected chi connectivity index (χ0v) is 21.4. The molecule has 2 rings (SSSR count). The molecule has 31 heavy (non-hydrogen) atoms.